The first-order valence-corrected chi connectivity index (χ1v) is 6.60. The van der Waals surface area contributed by atoms with Gasteiger partial charge < -0.3 is 13.9 Å². The van der Waals surface area contributed by atoms with Crippen LogP contribution < -0.4 is 0 Å². The Kier molecular flexibility index (Phi) is 4.07. The predicted molar refractivity (Wildman–Crippen MR) is 74.1 cm³/mol. The molecular weight excluding hydrogens is 290 g/mol. The van der Waals surface area contributed by atoms with E-state index in [0.717, 1.165) is 0 Å². The van der Waals surface area contributed by atoms with E-state index in [2.05, 4.69) is 0 Å². The SMILES string of the molecule is COC(=O)C1=C(C(=O)OC)C(C)(C)C(=O)N1Cc1ccco1. The maximum atomic E-state index is 12.6. The largest absolute Gasteiger partial charge is 0.467 e. The van der Waals surface area contributed by atoms with Gasteiger partial charge in [0.25, 0.3) is 0 Å². The van der Waals surface area contributed by atoms with E-state index in [1.807, 2.05) is 0 Å². The van der Waals surface area contributed by atoms with Crippen molar-refractivity contribution in [1.29, 1.82) is 0 Å². The minimum atomic E-state index is -1.19. The summed E-state index contributed by atoms with van der Waals surface area (Å²) in [6, 6.07) is 3.34. The third-order valence-electron chi connectivity index (χ3n) is 3.57. The molecule has 0 atom stereocenters. The van der Waals surface area contributed by atoms with Crippen molar-refractivity contribution in [3.63, 3.8) is 0 Å². The standard InChI is InChI=1S/C15H17NO6/c1-15(2)10(12(17)20-3)11(13(18)21-4)16(14(15)19)8-9-6-5-7-22-9/h5-7H,8H2,1-4H3. The number of ether oxygens (including phenoxy) is 2. The van der Waals surface area contributed by atoms with Crippen molar-refractivity contribution >= 4 is 17.8 Å². The first kappa shape index (κ1) is 15.8. The normalized spacial score (nSPS) is 16.9. The van der Waals surface area contributed by atoms with Gasteiger partial charge in [-0.2, -0.15) is 0 Å². The Bertz CT molecular complexity index is 641. The maximum absolute atomic E-state index is 12.6. The fraction of sp³-hybridized carbons (Fsp3) is 0.400. The number of amides is 1. The highest BCUT2D eigenvalue weighted by Gasteiger charge is 2.52. The van der Waals surface area contributed by atoms with Crippen molar-refractivity contribution in [3.8, 4) is 0 Å². The van der Waals surface area contributed by atoms with Gasteiger partial charge in [0.2, 0.25) is 5.91 Å². The molecule has 1 aromatic rings. The van der Waals surface area contributed by atoms with E-state index in [1.165, 1.54) is 25.4 Å². The first-order valence-electron chi connectivity index (χ1n) is 6.60. The molecule has 0 spiro atoms. The molecule has 0 unspecified atom stereocenters. The first-order chi connectivity index (χ1) is 10.3. The lowest BCUT2D eigenvalue weighted by Gasteiger charge is -2.21. The van der Waals surface area contributed by atoms with Crippen LogP contribution in [0.4, 0.5) is 0 Å². The minimum Gasteiger partial charge on any atom is -0.467 e. The van der Waals surface area contributed by atoms with Gasteiger partial charge in [-0.05, 0) is 26.0 Å². The number of furan rings is 1. The van der Waals surface area contributed by atoms with E-state index in [9.17, 15) is 14.4 Å². The summed E-state index contributed by atoms with van der Waals surface area (Å²) in [5.41, 5.74) is -1.32. The smallest absolute Gasteiger partial charge is 0.355 e. The molecule has 0 fully saturated rings. The number of esters is 2. The number of hydrogen-bond acceptors (Lipinski definition) is 6. The predicted octanol–water partition coefficient (Wildman–Crippen LogP) is 1.25. The molecule has 0 aromatic carbocycles. The fourth-order valence-corrected chi connectivity index (χ4v) is 2.45. The van der Waals surface area contributed by atoms with Crippen LogP contribution in [0, 0.1) is 5.41 Å². The molecule has 118 valence electrons. The number of methoxy groups -OCH3 is 2. The molecule has 22 heavy (non-hydrogen) atoms. The van der Waals surface area contributed by atoms with Gasteiger partial charge in [-0.15, -0.1) is 0 Å². The molecule has 1 amide bonds. The van der Waals surface area contributed by atoms with Crippen LogP contribution in [-0.4, -0.2) is 37.0 Å². The molecule has 0 N–H and O–H groups in total. The average molecular weight is 307 g/mol. The van der Waals surface area contributed by atoms with Crippen molar-refractivity contribution in [1.82, 2.24) is 4.90 Å². The van der Waals surface area contributed by atoms with Crippen LogP contribution in [0.5, 0.6) is 0 Å². The molecule has 1 aliphatic rings. The van der Waals surface area contributed by atoms with E-state index < -0.39 is 23.3 Å². The zero-order valence-electron chi connectivity index (χ0n) is 12.8. The van der Waals surface area contributed by atoms with Gasteiger partial charge in [-0.3, -0.25) is 9.69 Å². The average Bonchev–Trinajstić information content (AvgIpc) is 3.06. The molecule has 1 aromatic heterocycles. The lowest BCUT2D eigenvalue weighted by atomic mass is 9.85. The quantitative estimate of drug-likeness (QED) is 0.778. The maximum Gasteiger partial charge on any atom is 0.355 e. The van der Waals surface area contributed by atoms with Gasteiger partial charge in [0, 0.05) is 0 Å². The summed E-state index contributed by atoms with van der Waals surface area (Å²) in [4.78, 5) is 38.0. The molecule has 1 aliphatic heterocycles. The van der Waals surface area contributed by atoms with Gasteiger partial charge in [0.05, 0.1) is 38.0 Å². The zero-order chi connectivity index (χ0) is 16.5. The molecular formula is C15H17NO6. The molecule has 0 saturated carbocycles. The highest BCUT2D eigenvalue weighted by atomic mass is 16.5. The topological polar surface area (TPSA) is 86.1 Å². The molecule has 2 heterocycles. The second kappa shape index (κ2) is 5.67. The Morgan fingerprint density at radius 1 is 1.23 bits per heavy atom. The van der Waals surface area contributed by atoms with Crippen molar-refractivity contribution in [3.05, 3.63) is 35.4 Å². The van der Waals surface area contributed by atoms with Crippen LogP contribution in [0.2, 0.25) is 0 Å². The van der Waals surface area contributed by atoms with Crippen molar-refractivity contribution in [2.45, 2.75) is 20.4 Å². The Morgan fingerprint density at radius 3 is 2.36 bits per heavy atom. The van der Waals surface area contributed by atoms with Crippen LogP contribution >= 0.6 is 0 Å². The number of carbonyl (C=O) groups is 3. The van der Waals surface area contributed by atoms with Crippen LogP contribution in [0.25, 0.3) is 0 Å². The summed E-state index contributed by atoms with van der Waals surface area (Å²) in [6.07, 6.45) is 1.46. The summed E-state index contributed by atoms with van der Waals surface area (Å²) < 4.78 is 14.7. The van der Waals surface area contributed by atoms with Gasteiger partial charge in [0.1, 0.15) is 11.5 Å². The monoisotopic (exact) mass is 307 g/mol. The van der Waals surface area contributed by atoms with Crippen LogP contribution in [0.1, 0.15) is 19.6 Å². The molecule has 0 radical (unpaired) electrons. The number of nitrogens with zero attached hydrogens (tertiary/aromatic N) is 1. The highest BCUT2D eigenvalue weighted by molar-refractivity contribution is 6.12. The zero-order valence-corrected chi connectivity index (χ0v) is 12.8. The Hall–Kier alpha value is -2.57. The number of carbonyl (C=O) groups excluding carboxylic acids is 3. The third-order valence-corrected chi connectivity index (χ3v) is 3.57. The van der Waals surface area contributed by atoms with E-state index in [4.69, 9.17) is 13.9 Å². The Morgan fingerprint density at radius 2 is 1.86 bits per heavy atom. The third kappa shape index (κ3) is 2.38. The molecule has 7 heteroatoms. The lowest BCUT2D eigenvalue weighted by Crippen LogP contribution is -2.34. The van der Waals surface area contributed by atoms with Gasteiger partial charge in [-0.25, -0.2) is 9.59 Å². The molecule has 0 saturated heterocycles. The van der Waals surface area contributed by atoms with E-state index in [1.54, 1.807) is 26.0 Å². The molecule has 7 nitrogen and oxygen atoms in total. The summed E-state index contributed by atoms with van der Waals surface area (Å²) in [6.45, 7) is 3.15. The fourth-order valence-electron chi connectivity index (χ4n) is 2.45. The molecule has 2 rings (SSSR count). The minimum absolute atomic E-state index is 0.0154. The Balaban J connectivity index is 2.56. The van der Waals surface area contributed by atoms with Crippen molar-refractivity contribution in [2.24, 2.45) is 5.41 Å². The molecule has 0 bridgehead atoms. The number of rotatable bonds is 4. The molecule has 0 aliphatic carbocycles. The van der Waals surface area contributed by atoms with Crippen molar-refractivity contribution in [2.75, 3.05) is 14.2 Å². The van der Waals surface area contributed by atoms with Crippen LogP contribution in [-0.2, 0) is 30.4 Å². The van der Waals surface area contributed by atoms with Crippen LogP contribution in [0.3, 0.4) is 0 Å². The lowest BCUT2D eigenvalue weighted by molar-refractivity contribution is -0.143. The summed E-state index contributed by atoms with van der Waals surface area (Å²) in [7, 11) is 2.38. The second-order valence-corrected chi connectivity index (χ2v) is 5.30. The Labute approximate surface area is 127 Å². The van der Waals surface area contributed by atoms with E-state index in [-0.39, 0.29) is 17.8 Å². The summed E-state index contributed by atoms with van der Waals surface area (Å²) >= 11 is 0. The van der Waals surface area contributed by atoms with Gasteiger partial charge in [-0.1, -0.05) is 0 Å². The highest BCUT2D eigenvalue weighted by Crippen LogP contribution is 2.41. The number of hydrogen-bond donors (Lipinski definition) is 0. The summed E-state index contributed by atoms with van der Waals surface area (Å²) in [5.74, 6) is -1.42. The summed E-state index contributed by atoms with van der Waals surface area (Å²) in [5, 5.41) is 0. The van der Waals surface area contributed by atoms with Gasteiger partial charge in [0.15, 0.2) is 0 Å². The van der Waals surface area contributed by atoms with Crippen LogP contribution in [0.15, 0.2) is 34.1 Å². The van der Waals surface area contributed by atoms with Gasteiger partial charge >= 0.3 is 11.9 Å². The second-order valence-electron chi connectivity index (χ2n) is 5.30. The van der Waals surface area contributed by atoms with E-state index >= 15 is 0 Å². The van der Waals surface area contributed by atoms with Crippen molar-refractivity contribution < 1.29 is 28.3 Å². The van der Waals surface area contributed by atoms with E-state index in [0.29, 0.717) is 5.76 Å².